The molecule has 0 unspecified atom stereocenters. The lowest BCUT2D eigenvalue weighted by Gasteiger charge is -2.04. The van der Waals surface area contributed by atoms with Crippen LogP contribution in [0.15, 0.2) is 89.8 Å². The average Bonchev–Trinajstić information content (AvgIpc) is 3.54. The highest BCUT2D eigenvalue weighted by Crippen LogP contribution is 2.17. The zero-order valence-electron chi connectivity index (χ0n) is 28.3. The Morgan fingerprint density at radius 2 is 1.04 bits per heavy atom. The fourth-order valence-electron chi connectivity index (χ4n) is 4.75. The first-order valence-corrected chi connectivity index (χ1v) is 15.3. The van der Waals surface area contributed by atoms with Crippen LogP contribution in [0, 0.1) is 20.8 Å². The van der Waals surface area contributed by atoms with Crippen molar-refractivity contribution in [1.29, 1.82) is 0 Å². The third-order valence-electron chi connectivity index (χ3n) is 7.37. The van der Waals surface area contributed by atoms with Gasteiger partial charge in [0.1, 0.15) is 16.6 Å². The van der Waals surface area contributed by atoms with Crippen molar-refractivity contribution in [2.45, 2.75) is 27.7 Å². The van der Waals surface area contributed by atoms with E-state index in [0.29, 0.717) is 61.9 Å². The highest BCUT2D eigenvalue weighted by molar-refractivity contribution is 6.21. The van der Waals surface area contributed by atoms with Crippen molar-refractivity contribution in [3.05, 3.63) is 119 Å². The fourth-order valence-corrected chi connectivity index (χ4v) is 4.75. The number of aliphatic imine (C=N–C) groups is 1. The number of nitrogens with two attached hydrogens (primary N) is 4. The van der Waals surface area contributed by atoms with Gasteiger partial charge in [-0.3, -0.25) is 39.1 Å². The van der Waals surface area contributed by atoms with Gasteiger partial charge in [-0.05, 0) is 70.2 Å². The fraction of sp³-hybridized carbons (Fsp3) is 0.139. The third-order valence-corrected chi connectivity index (χ3v) is 7.37. The summed E-state index contributed by atoms with van der Waals surface area (Å²) in [5, 5.41) is 0. The summed E-state index contributed by atoms with van der Waals surface area (Å²) in [7, 11) is 0. The molecule has 4 amide bonds. The number of carbonyl (C=O) groups is 4. The minimum absolute atomic E-state index is 0.381. The van der Waals surface area contributed by atoms with Gasteiger partial charge in [0.15, 0.2) is 0 Å². The molecule has 1 aliphatic rings. The van der Waals surface area contributed by atoms with Crippen LogP contribution >= 0.6 is 0 Å². The lowest BCUT2D eigenvalue weighted by Crippen LogP contribution is -2.17. The summed E-state index contributed by atoms with van der Waals surface area (Å²) in [4.78, 5) is 72.8. The molecular weight excluding hydrogens is 650 g/mol. The van der Waals surface area contributed by atoms with Crippen molar-refractivity contribution >= 4 is 62.4 Å². The number of fused-ring (bicyclic) bond motifs is 3. The van der Waals surface area contributed by atoms with E-state index in [1.165, 1.54) is 6.20 Å². The Morgan fingerprint density at radius 3 is 1.55 bits per heavy atom. The quantitative estimate of drug-likeness (QED) is 0.211. The number of primary amides is 4. The highest BCUT2D eigenvalue weighted by Gasteiger charge is 2.12. The smallest absolute Gasteiger partial charge is 0.250 e. The van der Waals surface area contributed by atoms with Gasteiger partial charge in [0.25, 0.3) is 17.7 Å². The summed E-state index contributed by atoms with van der Waals surface area (Å²) in [6, 6.07) is 15.6. The van der Waals surface area contributed by atoms with Gasteiger partial charge in [-0.15, -0.1) is 0 Å². The lowest BCUT2D eigenvalue weighted by molar-refractivity contribution is -0.114. The Labute approximate surface area is 292 Å². The van der Waals surface area contributed by atoms with Gasteiger partial charge < -0.3 is 22.9 Å². The van der Waals surface area contributed by atoms with E-state index >= 15 is 0 Å². The van der Waals surface area contributed by atoms with E-state index in [9.17, 15) is 19.2 Å². The normalized spacial score (nSPS) is 11.5. The maximum Gasteiger partial charge on any atom is 0.250 e. The molecule has 0 saturated carbocycles. The topological polar surface area (TPSA) is 262 Å². The third kappa shape index (κ3) is 9.11. The molecule has 0 aliphatic carbocycles. The molecule has 3 aromatic carbocycles. The molecule has 15 heteroatoms. The zero-order valence-corrected chi connectivity index (χ0v) is 28.3. The first-order chi connectivity index (χ1) is 24.3. The second-order valence-electron chi connectivity index (χ2n) is 11.0. The minimum atomic E-state index is -0.480. The maximum atomic E-state index is 11.2. The summed E-state index contributed by atoms with van der Waals surface area (Å²) in [6.07, 6.45) is 6.51. The molecule has 0 saturated heterocycles. The van der Waals surface area contributed by atoms with Crippen molar-refractivity contribution < 1.29 is 19.2 Å². The van der Waals surface area contributed by atoms with Crippen LogP contribution < -0.4 is 22.9 Å². The number of para-hydroxylation sites is 3. The van der Waals surface area contributed by atoms with Gasteiger partial charge in [0, 0.05) is 24.3 Å². The second-order valence-corrected chi connectivity index (χ2v) is 11.0. The molecule has 0 bridgehead atoms. The van der Waals surface area contributed by atoms with E-state index in [0.717, 1.165) is 22.8 Å². The number of hydrogen-bond acceptors (Lipinski definition) is 11. The van der Waals surface area contributed by atoms with E-state index in [2.05, 4.69) is 34.9 Å². The molecule has 8 N–H and O–H groups in total. The molecule has 15 nitrogen and oxygen atoms in total. The molecule has 7 rings (SSSR count). The molecule has 51 heavy (non-hydrogen) atoms. The zero-order chi connectivity index (χ0) is 37.2. The number of benzene rings is 3. The van der Waals surface area contributed by atoms with Crippen LogP contribution in [0.4, 0.5) is 0 Å². The first kappa shape index (κ1) is 36.8. The van der Waals surface area contributed by atoms with Crippen molar-refractivity contribution in [3.63, 3.8) is 0 Å². The van der Waals surface area contributed by atoms with Gasteiger partial charge in [-0.25, -0.2) is 15.0 Å². The van der Waals surface area contributed by atoms with Gasteiger partial charge in [0.05, 0.1) is 62.4 Å². The van der Waals surface area contributed by atoms with Crippen LogP contribution in [-0.2, 0) is 4.79 Å². The number of nitrogens with zero attached hydrogens (tertiary/aromatic N) is 7. The summed E-state index contributed by atoms with van der Waals surface area (Å²) < 4.78 is 0. The summed E-state index contributed by atoms with van der Waals surface area (Å²) in [6.45, 7) is 7.95. The number of aryl methyl sites for hydroxylation is 3. The molecule has 0 radical (unpaired) electrons. The molecule has 0 atom stereocenters. The number of hydrogen-bond donors (Lipinski definition) is 4. The molecule has 0 spiro atoms. The summed E-state index contributed by atoms with van der Waals surface area (Å²) in [5.74, 6) is -1.81. The molecule has 4 heterocycles. The van der Waals surface area contributed by atoms with Gasteiger partial charge in [-0.2, -0.15) is 0 Å². The maximum absolute atomic E-state index is 11.2. The lowest BCUT2D eigenvalue weighted by atomic mass is 10.1. The second kappa shape index (κ2) is 16.4. The Kier molecular flexibility index (Phi) is 11.8. The van der Waals surface area contributed by atoms with E-state index in [4.69, 9.17) is 22.9 Å². The van der Waals surface area contributed by atoms with Crippen LogP contribution in [0.1, 0.15) is 55.1 Å². The van der Waals surface area contributed by atoms with Crippen molar-refractivity contribution in [1.82, 2.24) is 29.9 Å². The largest absolute Gasteiger partial charge is 0.366 e. The van der Waals surface area contributed by atoms with E-state index in [1.807, 2.05) is 26.8 Å². The Hall–Kier alpha value is -7.03. The molecule has 258 valence electrons. The van der Waals surface area contributed by atoms with Crippen LogP contribution in [0.5, 0.6) is 0 Å². The Balaban J connectivity index is 0.000000155. The van der Waals surface area contributed by atoms with E-state index in [-0.39, 0.29) is 5.91 Å². The number of carbonyl (C=O) groups excluding carboxylic acids is 4. The van der Waals surface area contributed by atoms with Crippen LogP contribution in [0.3, 0.4) is 0 Å². The van der Waals surface area contributed by atoms with Crippen molar-refractivity contribution in [2.24, 2.45) is 27.9 Å². The average molecular weight is 686 g/mol. The molecule has 1 aliphatic heterocycles. The first-order valence-electron chi connectivity index (χ1n) is 15.3. The Morgan fingerprint density at radius 1 is 0.549 bits per heavy atom. The molecular formula is C36H35N11O4. The van der Waals surface area contributed by atoms with Crippen LogP contribution in [-0.4, -0.2) is 65.8 Å². The standard InChI is InChI=1S/C11H11N3O.C10H9N3O.C9H7N3O.C6H8N2O/c1-6-7(2)14-10-8(11(12)15)4-3-5-9(10)13-6;1-6-5-12-8-4-2-3-7(10(11)14)9(8)13-6;10-9(13)6-2-1-3-7-8(6)12-5-4-11-7;1-4-5(6(7)9)2-3-8-4/h3-5H,1-2H3,(H2,12,15);2-5H,1H3,(H2,11,14);1-5H,(H2,10,13);2H,3H2,1H3,(H2,7,9). The summed E-state index contributed by atoms with van der Waals surface area (Å²) in [5.41, 5.74) is 29.4. The minimum Gasteiger partial charge on any atom is -0.366 e. The Bertz CT molecular complexity index is 2370. The monoisotopic (exact) mass is 685 g/mol. The van der Waals surface area contributed by atoms with E-state index in [1.54, 1.807) is 73.9 Å². The molecule has 0 fully saturated rings. The number of amides is 4. The van der Waals surface area contributed by atoms with E-state index < -0.39 is 17.7 Å². The number of rotatable bonds is 4. The molecule has 6 aromatic rings. The van der Waals surface area contributed by atoms with Crippen molar-refractivity contribution in [3.8, 4) is 0 Å². The highest BCUT2D eigenvalue weighted by atomic mass is 16.2. The summed E-state index contributed by atoms with van der Waals surface area (Å²) >= 11 is 0. The van der Waals surface area contributed by atoms with Gasteiger partial charge in [0.2, 0.25) is 5.91 Å². The number of aromatic nitrogens is 6. The van der Waals surface area contributed by atoms with Crippen LogP contribution in [0.25, 0.3) is 33.1 Å². The predicted molar refractivity (Wildman–Crippen MR) is 194 cm³/mol. The van der Waals surface area contributed by atoms with Crippen LogP contribution in [0.2, 0.25) is 0 Å². The van der Waals surface area contributed by atoms with Crippen molar-refractivity contribution in [2.75, 3.05) is 6.54 Å². The molecule has 3 aromatic heterocycles. The SMILES string of the molecule is CC1=NCC=C1C(N)=O.Cc1cnc2cccc(C(N)=O)c2n1.Cc1nc2cccc(C(N)=O)c2nc1C.NC(=O)c1cccc2nccnc12. The van der Waals surface area contributed by atoms with Gasteiger partial charge >= 0.3 is 0 Å². The predicted octanol–water partition coefficient (Wildman–Crippen LogP) is 2.98. The van der Waals surface area contributed by atoms with Gasteiger partial charge in [-0.1, -0.05) is 18.2 Å².